The number of fused-ring (bicyclic) bond motifs is 2. The second kappa shape index (κ2) is 7.47. The first-order valence-electron chi connectivity index (χ1n) is 10.2. The molecule has 0 radical (unpaired) electrons. The van der Waals surface area contributed by atoms with Gasteiger partial charge in [-0.3, -0.25) is 4.79 Å². The smallest absolute Gasteiger partial charge is 0.252 e. The normalized spacial score (nSPS) is 22.7. The van der Waals surface area contributed by atoms with Crippen LogP contribution in [0.15, 0.2) is 42.5 Å². The molecule has 1 amide bonds. The predicted molar refractivity (Wildman–Crippen MR) is 104 cm³/mol. The van der Waals surface area contributed by atoms with E-state index >= 15 is 0 Å². The van der Waals surface area contributed by atoms with Crippen LogP contribution in [0.3, 0.4) is 0 Å². The zero-order valence-electron chi connectivity index (χ0n) is 15.9. The third kappa shape index (κ3) is 3.24. The van der Waals surface area contributed by atoms with Gasteiger partial charge in [-0.05, 0) is 60.9 Å². The average molecular weight is 379 g/mol. The van der Waals surface area contributed by atoms with E-state index in [2.05, 4.69) is 24.3 Å². The summed E-state index contributed by atoms with van der Waals surface area (Å²) in [4.78, 5) is 15.5. The van der Waals surface area contributed by atoms with E-state index in [1.165, 1.54) is 11.1 Å². The third-order valence-corrected chi connectivity index (χ3v) is 5.99. The average Bonchev–Trinajstić information content (AvgIpc) is 3.43. The first kappa shape index (κ1) is 17.6. The van der Waals surface area contributed by atoms with Gasteiger partial charge in [-0.25, -0.2) is 0 Å². The van der Waals surface area contributed by atoms with E-state index in [1.54, 1.807) is 0 Å². The largest absolute Gasteiger partial charge is 0.454 e. The van der Waals surface area contributed by atoms with Crippen LogP contribution in [0.5, 0.6) is 11.5 Å². The van der Waals surface area contributed by atoms with Crippen molar-refractivity contribution in [3.05, 3.63) is 59.2 Å². The first-order chi connectivity index (χ1) is 13.8. The van der Waals surface area contributed by atoms with E-state index in [4.69, 9.17) is 14.2 Å². The molecule has 5 rings (SSSR count). The van der Waals surface area contributed by atoms with Crippen molar-refractivity contribution in [1.82, 2.24) is 4.90 Å². The van der Waals surface area contributed by atoms with Crippen molar-refractivity contribution in [2.24, 2.45) is 0 Å². The van der Waals surface area contributed by atoms with Crippen LogP contribution >= 0.6 is 0 Å². The Morgan fingerprint density at radius 2 is 1.93 bits per heavy atom. The number of carbonyl (C=O) groups excluding carboxylic acids is 1. The summed E-state index contributed by atoms with van der Waals surface area (Å²) >= 11 is 0. The van der Waals surface area contributed by atoms with E-state index in [0.717, 1.165) is 49.2 Å². The van der Waals surface area contributed by atoms with Gasteiger partial charge in [0.25, 0.3) is 5.91 Å². The summed E-state index contributed by atoms with van der Waals surface area (Å²) in [6, 6.07) is 14.6. The molecule has 0 aromatic heterocycles. The van der Waals surface area contributed by atoms with Gasteiger partial charge in [0, 0.05) is 13.2 Å². The molecule has 1 aliphatic carbocycles. The molecule has 0 spiro atoms. The van der Waals surface area contributed by atoms with E-state index in [0.29, 0.717) is 13.2 Å². The third-order valence-electron chi connectivity index (χ3n) is 5.99. The maximum Gasteiger partial charge on any atom is 0.252 e. The second-order valence-corrected chi connectivity index (χ2v) is 7.76. The van der Waals surface area contributed by atoms with Crippen LogP contribution in [0.2, 0.25) is 0 Å². The van der Waals surface area contributed by atoms with Crippen molar-refractivity contribution in [2.45, 2.75) is 50.8 Å². The van der Waals surface area contributed by atoms with Gasteiger partial charge in [-0.1, -0.05) is 30.3 Å². The summed E-state index contributed by atoms with van der Waals surface area (Å²) in [6.45, 7) is 1.48. The molecule has 2 heterocycles. The van der Waals surface area contributed by atoms with E-state index < -0.39 is 0 Å². The summed E-state index contributed by atoms with van der Waals surface area (Å²) < 4.78 is 16.7. The van der Waals surface area contributed by atoms with Gasteiger partial charge in [0.2, 0.25) is 6.79 Å². The lowest BCUT2D eigenvalue weighted by Crippen LogP contribution is -2.42. The topological polar surface area (TPSA) is 48.0 Å². The Hall–Kier alpha value is -2.53. The number of rotatable bonds is 4. The summed E-state index contributed by atoms with van der Waals surface area (Å²) in [5.74, 6) is 1.63. The number of hydrogen-bond acceptors (Lipinski definition) is 4. The van der Waals surface area contributed by atoms with Crippen molar-refractivity contribution in [2.75, 3.05) is 13.4 Å². The highest BCUT2D eigenvalue weighted by atomic mass is 16.7. The summed E-state index contributed by atoms with van der Waals surface area (Å²) in [5, 5.41) is 0. The fraction of sp³-hybridized carbons (Fsp3) is 0.435. The zero-order valence-corrected chi connectivity index (χ0v) is 15.9. The molecule has 28 heavy (non-hydrogen) atoms. The maximum atomic E-state index is 13.4. The number of benzene rings is 2. The lowest BCUT2D eigenvalue weighted by Gasteiger charge is -2.37. The summed E-state index contributed by atoms with van der Waals surface area (Å²) in [5.41, 5.74) is 3.69. The molecular weight excluding hydrogens is 354 g/mol. The predicted octanol–water partition coefficient (Wildman–Crippen LogP) is 4.00. The number of carbonyl (C=O) groups is 1. The highest BCUT2D eigenvalue weighted by Gasteiger charge is 2.35. The molecule has 2 aliphatic heterocycles. The van der Waals surface area contributed by atoms with Gasteiger partial charge < -0.3 is 19.1 Å². The molecule has 5 nitrogen and oxygen atoms in total. The maximum absolute atomic E-state index is 13.4. The first-order valence-corrected chi connectivity index (χ1v) is 10.2. The summed E-state index contributed by atoms with van der Waals surface area (Å²) in [6.07, 6.45) is 4.61. The van der Waals surface area contributed by atoms with Crippen molar-refractivity contribution >= 4 is 5.91 Å². The molecule has 2 atom stereocenters. The zero-order chi connectivity index (χ0) is 18.9. The molecular formula is C23H25NO4. The van der Waals surface area contributed by atoms with Crippen LogP contribution in [-0.2, 0) is 22.5 Å². The molecule has 3 aliphatic rings. The fourth-order valence-electron chi connectivity index (χ4n) is 4.59. The van der Waals surface area contributed by atoms with E-state index in [1.807, 2.05) is 23.1 Å². The quantitative estimate of drug-likeness (QED) is 0.806. The van der Waals surface area contributed by atoms with Crippen LogP contribution in [0.1, 0.15) is 48.4 Å². The lowest BCUT2D eigenvalue weighted by atomic mass is 9.86. The van der Waals surface area contributed by atoms with Gasteiger partial charge in [0.1, 0.15) is 6.10 Å². The van der Waals surface area contributed by atoms with E-state index in [-0.39, 0.29) is 24.8 Å². The molecule has 2 aromatic carbocycles. The number of aryl methyl sites for hydroxylation is 1. The minimum Gasteiger partial charge on any atom is -0.454 e. The van der Waals surface area contributed by atoms with Crippen LogP contribution in [0.25, 0.3) is 0 Å². The van der Waals surface area contributed by atoms with Crippen LogP contribution in [0.4, 0.5) is 0 Å². The fourth-order valence-corrected chi connectivity index (χ4v) is 4.59. The molecule has 1 saturated heterocycles. The standard InChI is InChI=1S/C23H25NO4/c25-23(21-9-4-12-26-21)24(14-16-10-11-20-22(13-16)28-15-27-20)19-8-3-6-17-5-1-2-7-18(17)19/h1-2,5,7,10-11,13,19,21H,3-4,6,8-9,12,14-15H2/t19-,21-/m1/s1. The van der Waals surface area contributed by atoms with Crippen LogP contribution in [-0.4, -0.2) is 30.3 Å². The van der Waals surface area contributed by atoms with E-state index in [9.17, 15) is 4.79 Å². The van der Waals surface area contributed by atoms with Crippen molar-refractivity contribution in [3.8, 4) is 11.5 Å². The molecule has 0 N–H and O–H groups in total. The Kier molecular flexibility index (Phi) is 4.69. The minimum absolute atomic E-state index is 0.0899. The Morgan fingerprint density at radius 1 is 1.04 bits per heavy atom. The Morgan fingerprint density at radius 3 is 2.82 bits per heavy atom. The molecule has 2 aromatic rings. The monoisotopic (exact) mass is 379 g/mol. The van der Waals surface area contributed by atoms with Crippen molar-refractivity contribution in [3.63, 3.8) is 0 Å². The summed E-state index contributed by atoms with van der Waals surface area (Å²) in [7, 11) is 0. The van der Waals surface area contributed by atoms with Crippen LogP contribution in [0, 0.1) is 0 Å². The number of ether oxygens (including phenoxy) is 3. The minimum atomic E-state index is -0.317. The highest BCUT2D eigenvalue weighted by Crippen LogP contribution is 2.38. The SMILES string of the molecule is O=C([C@H]1CCCO1)N(Cc1ccc2c(c1)OCO2)[C@@H]1CCCc2ccccc21. The molecule has 0 unspecified atom stereocenters. The second-order valence-electron chi connectivity index (χ2n) is 7.76. The molecule has 1 fully saturated rings. The number of amides is 1. The molecule has 5 heteroatoms. The van der Waals surface area contributed by atoms with Gasteiger partial charge in [0.15, 0.2) is 11.5 Å². The Bertz CT molecular complexity index is 875. The molecule has 146 valence electrons. The number of nitrogens with zero attached hydrogens (tertiary/aromatic N) is 1. The van der Waals surface area contributed by atoms with Gasteiger partial charge in [-0.15, -0.1) is 0 Å². The van der Waals surface area contributed by atoms with Gasteiger partial charge in [-0.2, -0.15) is 0 Å². The Labute approximate surface area is 165 Å². The van der Waals surface area contributed by atoms with Crippen molar-refractivity contribution in [1.29, 1.82) is 0 Å². The Balaban J connectivity index is 1.48. The van der Waals surface area contributed by atoms with Crippen LogP contribution < -0.4 is 9.47 Å². The molecule has 0 saturated carbocycles. The molecule has 0 bridgehead atoms. The highest BCUT2D eigenvalue weighted by molar-refractivity contribution is 5.81. The van der Waals surface area contributed by atoms with Gasteiger partial charge in [0.05, 0.1) is 6.04 Å². The number of hydrogen-bond donors (Lipinski definition) is 0. The lowest BCUT2D eigenvalue weighted by molar-refractivity contribution is -0.144. The van der Waals surface area contributed by atoms with Gasteiger partial charge >= 0.3 is 0 Å². The van der Waals surface area contributed by atoms with Crippen molar-refractivity contribution < 1.29 is 19.0 Å².